The molecule has 0 aromatic heterocycles. The van der Waals surface area contributed by atoms with Crippen molar-refractivity contribution in [2.24, 2.45) is 0 Å². The molecule has 12 heteroatoms. The van der Waals surface area contributed by atoms with E-state index in [0.717, 1.165) is 0 Å². The molecule has 8 nitrogen and oxygen atoms in total. The standard InChI is InChI=1S/C2H7NO7S2.2Na/c1-2-10-3(11(4,5)6)12(7,8)9;;/h2H2,1H3,(H,4,5,6)(H,7,8,9);;/q;2*+1. The zero-order valence-electron chi connectivity index (χ0n) is 7.91. The third kappa shape index (κ3) is 7.96. The van der Waals surface area contributed by atoms with Crippen LogP contribution in [0, 0.1) is 0 Å². The van der Waals surface area contributed by atoms with E-state index in [1.54, 1.807) is 0 Å². The van der Waals surface area contributed by atoms with Gasteiger partial charge in [-0.3, -0.25) is 13.9 Å². The molecule has 0 rings (SSSR count). The van der Waals surface area contributed by atoms with E-state index in [0.29, 0.717) is 0 Å². The smallest absolute Gasteiger partial charge is 0.271 e. The first-order chi connectivity index (χ1) is 5.19. The minimum absolute atomic E-state index is 0. The predicted octanol–water partition coefficient (Wildman–Crippen LogP) is -7.15. The fourth-order valence-electron chi connectivity index (χ4n) is 0.358. The van der Waals surface area contributed by atoms with Crippen molar-refractivity contribution < 1.29 is 89.9 Å². The van der Waals surface area contributed by atoms with Crippen LogP contribution in [0.4, 0.5) is 0 Å². The van der Waals surface area contributed by atoms with Crippen LogP contribution in [-0.4, -0.2) is 36.4 Å². The number of hydrogen-bond acceptors (Lipinski definition) is 5. The Morgan fingerprint density at radius 1 is 1.07 bits per heavy atom. The van der Waals surface area contributed by atoms with Crippen molar-refractivity contribution in [3.63, 3.8) is 0 Å². The third-order valence-electron chi connectivity index (χ3n) is 0.611. The van der Waals surface area contributed by atoms with Gasteiger partial charge >= 0.3 is 79.7 Å². The second-order valence-corrected chi connectivity index (χ2v) is 4.22. The Balaban J connectivity index is -0.000000605. The predicted molar refractivity (Wildman–Crippen MR) is 36.6 cm³/mol. The number of rotatable bonds is 4. The quantitative estimate of drug-likeness (QED) is 0.295. The monoisotopic (exact) mass is 267 g/mol. The molecule has 0 aromatic carbocycles. The summed E-state index contributed by atoms with van der Waals surface area (Å²) in [4.78, 5) is 3.93. The van der Waals surface area contributed by atoms with Gasteiger partial charge in [-0.15, -0.1) is 0 Å². The van der Waals surface area contributed by atoms with Gasteiger partial charge in [0.1, 0.15) is 0 Å². The largest absolute Gasteiger partial charge is 1.00 e. The molecule has 0 saturated carbocycles. The Labute approximate surface area is 126 Å². The van der Waals surface area contributed by atoms with Crippen LogP contribution in [0.3, 0.4) is 0 Å². The first-order valence-corrected chi connectivity index (χ1v) is 5.37. The summed E-state index contributed by atoms with van der Waals surface area (Å²) in [6.07, 6.45) is 0. The second-order valence-electron chi connectivity index (χ2n) is 1.54. The van der Waals surface area contributed by atoms with E-state index in [9.17, 15) is 16.8 Å². The molecule has 0 heterocycles. The molecule has 0 aliphatic heterocycles. The van der Waals surface area contributed by atoms with Crippen LogP contribution < -0.4 is 59.1 Å². The van der Waals surface area contributed by atoms with Crippen LogP contribution in [0.5, 0.6) is 0 Å². The van der Waals surface area contributed by atoms with Crippen molar-refractivity contribution in [1.29, 1.82) is 0 Å². The van der Waals surface area contributed by atoms with Gasteiger partial charge in [-0.2, -0.15) is 16.8 Å². The normalized spacial score (nSPS) is 11.7. The van der Waals surface area contributed by atoms with E-state index in [-0.39, 0.29) is 65.7 Å². The Morgan fingerprint density at radius 2 is 1.36 bits per heavy atom. The van der Waals surface area contributed by atoms with Gasteiger partial charge in [0.25, 0.3) is 0 Å². The fourth-order valence-corrected chi connectivity index (χ4v) is 1.79. The molecule has 0 bridgehead atoms. The average Bonchev–Trinajstić information content (AvgIpc) is 1.77. The van der Waals surface area contributed by atoms with Gasteiger partial charge < -0.3 is 0 Å². The first kappa shape index (κ1) is 21.1. The molecule has 0 amide bonds. The van der Waals surface area contributed by atoms with Gasteiger partial charge in [0, 0.05) is 0 Å². The van der Waals surface area contributed by atoms with Gasteiger partial charge in [-0.05, 0) is 6.92 Å². The van der Waals surface area contributed by atoms with Crippen LogP contribution in [0.25, 0.3) is 0 Å². The Hall–Kier alpha value is 1.74. The molecule has 0 saturated heterocycles. The van der Waals surface area contributed by atoms with Crippen LogP contribution >= 0.6 is 0 Å². The van der Waals surface area contributed by atoms with Crippen LogP contribution in [0.1, 0.15) is 6.92 Å². The van der Waals surface area contributed by atoms with E-state index < -0.39 is 24.5 Å². The van der Waals surface area contributed by atoms with Crippen LogP contribution in [0.2, 0.25) is 0 Å². The summed E-state index contributed by atoms with van der Waals surface area (Å²) in [5.74, 6) is 0. The average molecular weight is 267 g/mol. The minimum atomic E-state index is -5.11. The van der Waals surface area contributed by atoms with Gasteiger partial charge in [0.15, 0.2) is 0 Å². The molecule has 0 aliphatic carbocycles. The molecule has 0 aliphatic rings. The maximum absolute atomic E-state index is 10.2. The van der Waals surface area contributed by atoms with Crippen molar-refractivity contribution >= 4 is 20.6 Å². The van der Waals surface area contributed by atoms with E-state index in [4.69, 9.17) is 9.11 Å². The summed E-state index contributed by atoms with van der Waals surface area (Å²) in [6, 6.07) is 0. The van der Waals surface area contributed by atoms with Crippen molar-refractivity contribution in [1.82, 2.24) is 3.87 Å². The van der Waals surface area contributed by atoms with Crippen molar-refractivity contribution in [3.8, 4) is 0 Å². The van der Waals surface area contributed by atoms with E-state index in [1.165, 1.54) is 6.92 Å². The number of hydrogen-bond donors (Lipinski definition) is 2. The maximum Gasteiger partial charge on any atom is 1.00 e. The molecule has 74 valence electrons. The van der Waals surface area contributed by atoms with E-state index in [1.807, 2.05) is 0 Å². The summed E-state index contributed by atoms with van der Waals surface area (Å²) >= 11 is 0. The van der Waals surface area contributed by atoms with Crippen LogP contribution in [0.15, 0.2) is 0 Å². The summed E-state index contributed by atoms with van der Waals surface area (Å²) in [7, 11) is -10.2. The summed E-state index contributed by atoms with van der Waals surface area (Å²) in [5.41, 5.74) is 0. The fraction of sp³-hybridized carbons (Fsp3) is 1.00. The Bertz CT molecular complexity index is 303. The molecular formula is C2H7NNa2O7S2+2. The maximum atomic E-state index is 10.2. The Kier molecular flexibility index (Phi) is 11.9. The molecule has 0 aromatic rings. The third-order valence-corrected chi connectivity index (χ3v) is 2.71. The summed E-state index contributed by atoms with van der Waals surface area (Å²) in [5, 5.41) is 0. The molecule has 14 heavy (non-hydrogen) atoms. The van der Waals surface area contributed by atoms with Gasteiger partial charge in [-0.1, -0.05) is 0 Å². The first-order valence-electron chi connectivity index (χ1n) is 2.58. The molecule has 0 atom stereocenters. The van der Waals surface area contributed by atoms with Gasteiger partial charge in [-0.25, -0.2) is 0 Å². The zero-order chi connectivity index (χ0) is 9.99. The molecule has 0 radical (unpaired) electrons. The minimum Gasteiger partial charge on any atom is -0.271 e. The van der Waals surface area contributed by atoms with Crippen molar-refractivity contribution in [3.05, 3.63) is 0 Å². The molecular weight excluding hydrogens is 260 g/mol. The van der Waals surface area contributed by atoms with Crippen LogP contribution in [-0.2, 0) is 25.4 Å². The summed E-state index contributed by atoms with van der Waals surface area (Å²) < 4.78 is 56.2. The van der Waals surface area contributed by atoms with E-state index in [2.05, 4.69) is 4.84 Å². The Morgan fingerprint density at radius 3 is 1.43 bits per heavy atom. The van der Waals surface area contributed by atoms with Gasteiger partial charge in [0.2, 0.25) is 0 Å². The molecule has 0 fully saturated rings. The molecule has 2 N–H and O–H groups in total. The topological polar surface area (TPSA) is 121 Å². The van der Waals surface area contributed by atoms with Gasteiger partial charge in [0.05, 0.1) is 10.5 Å². The molecule has 0 unspecified atom stereocenters. The van der Waals surface area contributed by atoms with E-state index >= 15 is 0 Å². The van der Waals surface area contributed by atoms with Crippen molar-refractivity contribution in [2.75, 3.05) is 6.61 Å². The molecule has 0 spiro atoms. The van der Waals surface area contributed by atoms with Crippen molar-refractivity contribution in [2.45, 2.75) is 6.92 Å². The number of nitrogens with zero attached hydrogens (tertiary/aromatic N) is 1. The SMILES string of the molecule is CCON(S(=O)(=O)O)S(=O)(=O)O.[Na+].[Na+]. The zero-order valence-corrected chi connectivity index (χ0v) is 13.5. The second kappa shape index (κ2) is 7.92. The summed E-state index contributed by atoms with van der Waals surface area (Å²) in [6.45, 7) is 0.920.